The van der Waals surface area contributed by atoms with Crippen LogP contribution in [0.2, 0.25) is 0 Å². The molecule has 0 aliphatic heterocycles. The predicted molar refractivity (Wildman–Crippen MR) is 91.3 cm³/mol. The second-order valence-electron chi connectivity index (χ2n) is 5.22. The van der Waals surface area contributed by atoms with Crippen LogP contribution in [-0.2, 0) is 9.53 Å². The Morgan fingerprint density at radius 1 is 1.29 bits per heavy atom. The highest BCUT2D eigenvalue weighted by Gasteiger charge is 2.15. The van der Waals surface area contributed by atoms with E-state index in [0.29, 0.717) is 16.8 Å². The zero-order valence-electron chi connectivity index (χ0n) is 13.2. The number of unbranched alkanes of at least 4 members (excludes halogenated alkanes) is 2. The van der Waals surface area contributed by atoms with E-state index in [1.165, 1.54) is 29.5 Å². The average molecular weight is 350 g/mol. The lowest BCUT2D eigenvalue weighted by atomic mass is 10.2. The number of nitro groups is 1. The van der Waals surface area contributed by atoms with Crippen LogP contribution in [0.5, 0.6) is 0 Å². The maximum Gasteiger partial charge on any atom is 0.348 e. The van der Waals surface area contributed by atoms with E-state index in [4.69, 9.17) is 4.74 Å². The van der Waals surface area contributed by atoms with E-state index in [1.807, 2.05) is 0 Å². The third-order valence-electron chi connectivity index (χ3n) is 3.35. The molecule has 2 aromatic rings. The number of carbonyl (C=O) groups excluding carboxylic acids is 2. The summed E-state index contributed by atoms with van der Waals surface area (Å²) in [6.07, 6.45) is 2.99. The van der Waals surface area contributed by atoms with Gasteiger partial charge in [-0.15, -0.1) is 11.3 Å². The van der Waals surface area contributed by atoms with E-state index < -0.39 is 10.9 Å². The lowest BCUT2D eigenvalue weighted by Gasteiger charge is -2.05. The number of rotatable bonds is 8. The molecule has 0 saturated carbocycles. The number of nitro benzene ring substituents is 1. The van der Waals surface area contributed by atoms with Gasteiger partial charge in [-0.3, -0.25) is 14.9 Å². The molecule has 1 N–H and O–H groups in total. The Morgan fingerprint density at radius 3 is 2.79 bits per heavy atom. The Hall–Kier alpha value is -2.48. The van der Waals surface area contributed by atoms with Crippen molar-refractivity contribution in [3.05, 3.63) is 39.3 Å². The number of thiophene rings is 1. The first-order valence-electron chi connectivity index (χ1n) is 7.63. The number of ether oxygens (including phenoxy) is 1. The molecule has 7 nitrogen and oxygen atoms in total. The molecule has 24 heavy (non-hydrogen) atoms. The monoisotopic (exact) mass is 350 g/mol. The molecule has 0 aliphatic carbocycles. The van der Waals surface area contributed by atoms with Gasteiger partial charge in [-0.2, -0.15) is 0 Å². The first-order chi connectivity index (χ1) is 11.5. The summed E-state index contributed by atoms with van der Waals surface area (Å²) in [6, 6.07) is 5.92. The number of benzene rings is 1. The lowest BCUT2D eigenvalue weighted by Crippen LogP contribution is -2.29. The van der Waals surface area contributed by atoms with E-state index >= 15 is 0 Å². The van der Waals surface area contributed by atoms with Crippen molar-refractivity contribution in [2.45, 2.75) is 26.2 Å². The van der Waals surface area contributed by atoms with Crippen LogP contribution in [0.25, 0.3) is 10.1 Å². The van der Waals surface area contributed by atoms with Gasteiger partial charge in [0.25, 0.3) is 11.6 Å². The Morgan fingerprint density at radius 2 is 2.08 bits per heavy atom. The summed E-state index contributed by atoms with van der Waals surface area (Å²) in [5.74, 6) is -0.946. The Labute approximate surface area is 142 Å². The second kappa shape index (κ2) is 8.39. The van der Waals surface area contributed by atoms with Crippen molar-refractivity contribution in [1.29, 1.82) is 0 Å². The zero-order chi connectivity index (χ0) is 17.5. The number of amides is 1. The molecular weight excluding hydrogens is 332 g/mol. The number of nitrogens with zero attached hydrogens (tertiary/aromatic N) is 1. The van der Waals surface area contributed by atoms with Crippen molar-refractivity contribution >= 4 is 39.0 Å². The summed E-state index contributed by atoms with van der Waals surface area (Å²) in [4.78, 5) is 34.1. The van der Waals surface area contributed by atoms with E-state index in [-0.39, 0.29) is 18.2 Å². The van der Waals surface area contributed by atoms with Crippen molar-refractivity contribution in [3.8, 4) is 0 Å². The fraction of sp³-hybridized carbons (Fsp3) is 0.375. The normalized spacial score (nSPS) is 10.5. The third kappa shape index (κ3) is 4.76. The molecule has 8 heteroatoms. The maximum absolute atomic E-state index is 12.0. The number of non-ortho nitro benzene ring substituents is 1. The molecule has 0 fully saturated rings. The van der Waals surface area contributed by atoms with Crippen molar-refractivity contribution in [3.63, 3.8) is 0 Å². The van der Waals surface area contributed by atoms with Gasteiger partial charge in [-0.1, -0.05) is 19.8 Å². The number of nitrogens with one attached hydrogen (secondary N) is 1. The Bertz CT molecular complexity index is 756. The van der Waals surface area contributed by atoms with Crippen LogP contribution in [0, 0.1) is 10.1 Å². The minimum Gasteiger partial charge on any atom is -0.451 e. The average Bonchev–Trinajstić information content (AvgIpc) is 2.99. The van der Waals surface area contributed by atoms with Gasteiger partial charge < -0.3 is 10.1 Å². The van der Waals surface area contributed by atoms with E-state index in [9.17, 15) is 19.7 Å². The van der Waals surface area contributed by atoms with Gasteiger partial charge in [0.05, 0.1) is 4.92 Å². The number of fused-ring (bicyclic) bond motifs is 1. The van der Waals surface area contributed by atoms with Crippen LogP contribution in [0.1, 0.15) is 35.9 Å². The molecule has 0 spiro atoms. The predicted octanol–water partition coefficient (Wildman–Crippen LogP) is 3.27. The molecule has 0 unspecified atom stereocenters. The maximum atomic E-state index is 12.0. The van der Waals surface area contributed by atoms with Crippen LogP contribution >= 0.6 is 11.3 Å². The van der Waals surface area contributed by atoms with Crippen molar-refractivity contribution in [2.75, 3.05) is 13.2 Å². The zero-order valence-corrected chi connectivity index (χ0v) is 14.1. The van der Waals surface area contributed by atoms with Crippen molar-refractivity contribution in [1.82, 2.24) is 5.32 Å². The quantitative estimate of drug-likeness (QED) is 0.341. The molecule has 128 valence electrons. The Balaban J connectivity index is 1.91. The molecule has 1 amide bonds. The van der Waals surface area contributed by atoms with Crippen LogP contribution in [0.4, 0.5) is 5.69 Å². The highest BCUT2D eigenvalue weighted by atomic mass is 32.1. The van der Waals surface area contributed by atoms with Gasteiger partial charge in [0.2, 0.25) is 0 Å². The second-order valence-corrected chi connectivity index (χ2v) is 6.31. The van der Waals surface area contributed by atoms with Crippen LogP contribution in [0.3, 0.4) is 0 Å². The molecule has 1 aromatic heterocycles. The summed E-state index contributed by atoms with van der Waals surface area (Å²) in [6.45, 7) is 2.30. The molecule has 0 saturated heterocycles. The molecule has 1 aromatic carbocycles. The largest absolute Gasteiger partial charge is 0.451 e. The number of hydrogen-bond donors (Lipinski definition) is 1. The molecule has 0 aliphatic rings. The summed E-state index contributed by atoms with van der Waals surface area (Å²) in [5, 5.41) is 14.0. The first kappa shape index (κ1) is 17.9. The van der Waals surface area contributed by atoms with Crippen LogP contribution in [0.15, 0.2) is 24.3 Å². The lowest BCUT2D eigenvalue weighted by molar-refractivity contribution is -0.384. The van der Waals surface area contributed by atoms with Gasteiger partial charge in [-0.25, -0.2) is 4.79 Å². The molecule has 2 rings (SSSR count). The summed E-state index contributed by atoms with van der Waals surface area (Å²) in [7, 11) is 0. The molecule has 0 atom stereocenters. The molecule has 1 heterocycles. The summed E-state index contributed by atoms with van der Waals surface area (Å²) < 4.78 is 5.73. The van der Waals surface area contributed by atoms with Gasteiger partial charge in [0.15, 0.2) is 6.61 Å². The van der Waals surface area contributed by atoms with Crippen LogP contribution in [-0.4, -0.2) is 30.0 Å². The standard InChI is InChI=1S/C16H18N2O5S/c1-2-3-4-7-17-15(19)10-23-16(20)14-9-11-8-12(18(21)22)5-6-13(11)24-14/h5-6,8-9H,2-4,7,10H2,1H3,(H,17,19). The smallest absolute Gasteiger partial charge is 0.348 e. The topological polar surface area (TPSA) is 98.5 Å². The molecular formula is C16H18N2O5S. The summed E-state index contributed by atoms with van der Waals surface area (Å²) >= 11 is 1.17. The van der Waals surface area contributed by atoms with E-state index in [0.717, 1.165) is 24.0 Å². The van der Waals surface area contributed by atoms with Gasteiger partial charge >= 0.3 is 5.97 Å². The highest BCUT2D eigenvalue weighted by Crippen LogP contribution is 2.29. The number of hydrogen-bond acceptors (Lipinski definition) is 6. The van der Waals surface area contributed by atoms with Crippen molar-refractivity contribution < 1.29 is 19.2 Å². The molecule has 0 radical (unpaired) electrons. The summed E-state index contributed by atoms with van der Waals surface area (Å²) in [5.41, 5.74) is -0.0355. The fourth-order valence-electron chi connectivity index (χ4n) is 2.10. The van der Waals surface area contributed by atoms with Gasteiger partial charge in [0.1, 0.15) is 4.88 Å². The molecule has 0 bridgehead atoms. The number of carbonyl (C=O) groups is 2. The van der Waals surface area contributed by atoms with Crippen molar-refractivity contribution in [2.24, 2.45) is 0 Å². The SMILES string of the molecule is CCCCCNC(=O)COC(=O)c1cc2cc([N+](=O)[O-])ccc2s1. The number of esters is 1. The first-order valence-corrected chi connectivity index (χ1v) is 8.44. The minimum absolute atomic E-state index is 0.0355. The highest BCUT2D eigenvalue weighted by molar-refractivity contribution is 7.20. The minimum atomic E-state index is -0.609. The van der Waals surface area contributed by atoms with E-state index in [1.54, 1.807) is 6.07 Å². The third-order valence-corrected chi connectivity index (χ3v) is 4.44. The van der Waals surface area contributed by atoms with Gasteiger partial charge in [-0.05, 0) is 18.6 Å². The Kier molecular flexibility index (Phi) is 6.25. The fourth-order valence-corrected chi connectivity index (χ4v) is 3.04. The van der Waals surface area contributed by atoms with Gasteiger partial charge in [0, 0.05) is 28.8 Å². The van der Waals surface area contributed by atoms with Crippen LogP contribution < -0.4 is 5.32 Å². The van der Waals surface area contributed by atoms with E-state index in [2.05, 4.69) is 12.2 Å².